The molecule has 0 rings (SSSR count). The van der Waals surface area contributed by atoms with Crippen molar-refractivity contribution >= 4 is 22.0 Å². The quantitative estimate of drug-likeness (QED) is 0.737. The maximum atomic E-state index is 9.63. The Morgan fingerprint density at radius 3 is 2.42 bits per heavy atom. The van der Waals surface area contributed by atoms with Crippen LogP contribution in [0.25, 0.3) is 0 Å². The molecule has 0 atom stereocenters. The normalized spacial score (nSPS) is 7.42. The van der Waals surface area contributed by atoms with Crippen LogP contribution in [0.1, 0.15) is 19.8 Å². The van der Waals surface area contributed by atoms with E-state index in [0.717, 1.165) is 6.42 Å². The van der Waals surface area contributed by atoms with E-state index in [1.807, 2.05) is 13.0 Å². The minimum Gasteiger partial charge on any atom is -0.465 e. The van der Waals surface area contributed by atoms with E-state index in [2.05, 4.69) is 21.2 Å². The second-order valence-corrected chi connectivity index (χ2v) is 2.62. The Morgan fingerprint density at radius 1 is 1.75 bits per heavy atom. The minimum absolute atomic E-state index is 0.468. The third-order valence-electron chi connectivity index (χ3n) is 0.733. The molecule has 2 N–H and O–H groups in total. The van der Waals surface area contributed by atoms with Gasteiger partial charge in [-0.15, -0.1) is 0 Å². The van der Waals surface area contributed by atoms with Gasteiger partial charge < -0.3 is 10.4 Å². The molecular formula is C7H13BrN2O2. The van der Waals surface area contributed by atoms with E-state index in [1.54, 1.807) is 0 Å². The lowest BCUT2D eigenvalue weighted by Gasteiger charge is -1.90. The number of carbonyl (C=O) groups is 1. The van der Waals surface area contributed by atoms with Gasteiger partial charge in [-0.25, -0.2) is 4.79 Å². The number of amides is 1. The standard InChI is InChI=1S/C4H7N.C3H6BrNO2/c1-2-3-4-5;4-1-2-5-3(6)7/h2-3H2,1H3;5H,1-2H2,(H,6,7). The summed E-state index contributed by atoms with van der Waals surface area (Å²) in [6.45, 7) is 2.46. The van der Waals surface area contributed by atoms with E-state index in [-0.39, 0.29) is 0 Å². The number of rotatable bonds is 3. The van der Waals surface area contributed by atoms with Crippen LogP contribution >= 0.6 is 15.9 Å². The van der Waals surface area contributed by atoms with Crippen molar-refractivity contribution in [3.63, 3.8) is 0 Å². The highest BCUT2D eigenvalue weighted by Crippen LogP contribution is 1.77. The van der Waals surface area contributed by atoms with Gasteiger partial charge in [0.15, 0.2) is 0 Å². The number of nitriles is 1. The molecule has 0 aliphatic rings. The van der Waals surface area contributed by atoms with Crippen LogP contribution in [0.2, 0.25) is 0 Å². The summed E-state index contributed by atoms with van der Waals surface area (Å²) in [4.78, 5) is 9.63. The largest absolute Gasteiger partial charge is 0.465 e. The van der Waals surface area contributed by atoms with E-state index in [9.17, 15) is 4.79 Å². The first kappa shape index (κ1) is 13.8. The van der Waals surface area contributed by atoms with Gasteiger partial charge in [0, 0.05) is 18.3 Å². The topological polar surface area (TPSA) is 73.1 Å². The number of nitrogens with zero attached hydrogens (tertiary/aromatic N) is 1. The lowest BCUT2D eigenvalue weighted by atomic mass is 10.4. The number of unbranched alkanes of at least 4 members (excludes halogenated alkanes) is 1. The highest BCUT2D eigenvalue weighted by atomic mass is 79.9. The van der Waals surface area contributed by atoms with Crippen molar-refractivity contribution in [1.29, 1.82) is 5.26 Å². The molecule has 0 spiro atoms. The summed E-state index contributed by atoms with van der Waals surface area (Å²) in [5.74, 6) is 0. The Balaban J connectivity index is 0. The minimum atomic E-state index is -0.973. The van der Waals surface area contributed by atoms with Crippen molar-refractivity contribution in [2.75, 3.05) is 11.9 Å². The Bertz CT molecular complexity index is 145. The second kappa shape index (κ2) is 12.9. The zero-order valence-electron chi connectivity index (χ0n) is 7.01. The molecule has 0 saturated carbocycles. The number of nitrogens with one attached hydrogen (secondary N) is 1. The molecule has 0 aliphatic carbocycles. The molecule has 0 fully saturated rings. The van der Waals surface area contributed by atoms with E-state index >= 15 is 0 Å². The van der Waals surface area contributed by atoms with Gasteiger partial charge in [-0.3, -0.25) is 0 Å². The molecule has 0 aromatic heterocycles. The third-order valence-corrected chi connectivity index (χ3v) is 1.13. The molecule has 5 heteroatoms. The zero-order valence-corrected chi connectivity index (χ0v) is 8.60. The highest BCUT2D eigenvalue weighted by molar-refractivity contribution is 9.09. The second-order valence-electron chi connectivity index (χ2n) is 1.83. The Labute approximate surface area is 80.7 Å². The van der Waals surface area contributed by atoms with Gasteiger partial charge in [-0.2, -0.15) is 5.26 Å². The molecule has 0 bridgehead atoms. The number of hydrogen-bond acceptors (Lipinski definition) is 2. The zero-order chi connectivity index (χ0) is 9.82. The predicted octanol–water partition coefficient (Wildman–Crippen LogP) is 1.96. The monoisotopic (exact) mass is 236 g/mol. The highest BCUT2D eigenvalue weighted by Gasteiger charge is 1.87. The molecular weight excluding hydrogens is 224 g/mol. The van der Waals surface area contributed by atoms with Gasteiger partial charge in [0.25, 0.3) is 0 Å². The fourth-order valence-electron chi connectivity index (χ4n) is 0.266. The first-order valence-electron chi connectivity index (χ1n) is 3.58. The first-order chi connectivity index (χ1) is 5.68. The van der Waals surface area contributed by atoms with Gasteiger partial charge in [0.1, 0.15) is 0 Å². The van der Waals surface area contributed by atoms with Crippen molar-refractivity contribution < 1.29 is 9.90 Å². The van der Waals surface area contributed by atoms with Gasteiger partial charge in [-0.05, 0) is 6.42 Å². The predicted molar refractivity (Wildman–Crippen MR) is 50.3 cm³/mol. The number of alkyl halides is 1. The molecule has 0 aliphatic heterocycles. The fourth-order valence-corrected chi connectivity index (χ4v) is 0.464. The van der Waals surface area contributed by atoms with Crippen molar-refractivity contribution in [2.45, 2.75) is 19.8 Å². The van der Waals surface area contributed by atoms with Gasteiger partial charge in [0.05, 0.1) is 6.07 Å². The van der Waals surface area contributed by atoms with Crippen LogP contribution in [0.5, 0.6) is 0 Å². The van der Waals surface area contributed by atoms with E-state index in [1.165, 1.54) is 0 Å². The summed E-state index contributed by atoms with van der Waals surface area (Å²) in [7, 11) is 0. The summed E-state index contributed by atoms with van der Waals surface area (Å²) in [5.41, 5.74) is 0. The van der Waals surface area contributed by atoms with Crippen LogP contribution in [0, 0.1) is 11.3 Å². The van der Waals surface area contributed by atoms with E-state index in [0.29, 0.717) is 18.3 Å². The van der Waals surface area contributed by atoms with Crippen LogP contribution in [0.15, 0.2) is 0 Å². The maximum Gasteiger partial charge on any atom is 0.404 e. The van der Waals surface area contributed by atoms with Gasteiger partial charge in [-0.1, -0.05) is 22.9 Å². The lowest BCUT2D eigenvalue weighted by molar-refractivity contribution is 0.195. The van der Waals surface area contributed by atoms with E-state index < -0.39 is 6.09 Å². The third kappa shape index (κ3) is 22.8. The summed E-state index contributed by atoms with van der Waals surface area (Å²) in [6.07, 6.45) is 0.704. The summed E-state index contributed by atoms with van der Waals surface area (Å²) in [6, 6.07) is 2.02. The lowest BCUT2D eigenvalue weighted by Crippen LogP contribution is -2.22. The van der Waals surface area contributed by atoms with Crippen molar-refractivity contribution in [3.05, 3.63) is 0 Å². The molecule has 0 radical (unpaired) electrons. The maximum absolute atomic E-state index is 9.63. The molecule has 0 aromatic carbocycles. The number of hydrogen-bond donors (Lipinski definition) is 2. The Hall–Kier alpha value is -0.760. The molecule has 12 heavy (non-hydrogen) atoms. The Morgan fingerprint density at radius 2 is 2.33 bits per heavy atom. The molecule has 0 aromatic rings. The number of carboxylic acid groups (broad SMARTS) is 1. The first-order valence-corrected chi connectivity index (χ1v) is 4.70. The van der Waals surface area contributed by atoms with Crippen LogP contribution in [0.3, 0.4) is 0 Å². The SMILES string of the molecule is CCCC#N.O=C(O)NCCBr. The molecule has 0 heterocycles. The number of halogens is 1. The molecule has 4 nitrogen and oxygen atoms in total. The van der Waals surface area contributed by atoms with Gasteiger partial charge in [0.2, 0.25) is 0 Å². The van der Waals surface area contributed by atoms with E-state index in [4.69, 9.17) is 10.4 Å². The summed E-state index contributed by atoms with van der Waals surface area (Å²) < 4.78 is 0. The van der Waals surface area contributed by atoms with Crippen LogP contribution in [0.4, 0.5) is 4.79 Å². The van der Waals surface area contributed by atoms with Crippen molar-refractivity contribution in [1.82, 2.24) is 5.32 Å². The average molecular weight is 237 g/mol. The molecule has 0 saturated heterocycles. The molecule has 70 valence electrons. The molecule has 0 unspecified atom stereocenters. The summed E-state index contributed by atoms with van der Waals surface area (Å²) in [5, 5.41) is 18.6. The fraction of sp³-hybridized carbons (Fsp3) is 0.714. The van der Waals surface area contributed by atoms with Crippen molar-refractivity contribution in [2.24, 2.45) is 0 Å². The average Bonchev–Trinajstić information content (AvgIpc) is 2.03. The Kier molecular flexibility index (Phi) is 14.8. The van der Waals surface area contributed by atoms with Crippen LogP contribution in [-0.4, -0.2) is 23.1 Å². The van der Waals surface area contributed by atoms with Crippen LogP contribution < -0.4 is 5.32 Å². The smallest absolute Gasteiger partial charge is 0.404 e. The van der Waals surface area contributed by atoms with Crippen LogP contribution in [-0.2, 0) is 0 Å². The summed E-state index contributed by atoms with van der Waals surface area (Å²) >= 11 is 3.05. The van der Waals surface area contributed by atoms with Crippen molar-refractivity contribution in [3.8, 4) is 6.07 Å². The molecule has 1 amide bonds. The van der Waals surface area contributed by atoms with Gasteiger partial charge >= 0.3 is 6.09 Å².